The van der Waals surface area contributed by atoms with E-state index in [4.69, 9.17) is 18.9 Å². The number of rotatable bonds is 10. The molecular formula is C36H31F2N5O5. The van der Waals surface area contributed by atoms with Gasteiger partial charge < -0.3 is 29.2 Å². The third-order valence-electron chi connectivity index (χ3n) is 8.12. The number of hydrogen-bond donors (Lipinski definition) is 2. The van der Waals surface area contributed by atoms with E-state index >= 15 is 4.39 Å². The maximum Gasteiger partial charge on any atom is 0.200 e. The molecule has 12 heteroatoms. The van der Waals surface area contributed by atoms with Crippen LogP contribution in [0.5, 0.6) is 23.0 Å². The van der Waals surface area contributed by atoms with Crippen LogP contribution in [-0.4, -0.2) is 66.4 Å². The first-order valence-electron chi connectivity index (χ1n) is 15.4. The highest BCUT2D eigenvalue weighted by atomic mass is 19.1. The van der Waals surface area contributed by atoms with Gasteiger partial charge in [0.2, 0.25) is 5.43 Å². The fourth-order valence-electron chi connectivity index (χ4n) is 5.62. The Hall–Kier alpha value is -5.59. The molecule has 0 radical (unpaired) electrons. The minimum absolute atomic E-state index is 0.0137. The molecule has 10 nitrogen and oxygen atoms in total. The molecule has 0 aliphatic carbocycles. The molecule has 1 fully saturated rings. The second-order valence-electron chi connectivity index (χ2n) is 11.1. The van der Waals surface area contributed by atoms with Gasteiger partial charge in [-0.05, 0) is 48.0 Å². The van der Waals surface area contributed by atoms with Crippen LogP contribution in [0, 0.1) is 11.6 Å². The number of halogens is 2. The first-order valence-corrected chi connectivity index (χ1v) is 15.4. The highest BCUT2D eigenvalue weighted by Gasteiger charge is 2.17. The van der Waals surface area contributed by atoms with Gasteiger partial charge in [-0.25, -0.2) is 13.8 Å². The van der Waals surface area contributed by atoms with Crippen molar-refractivity contribution in [1.29, 1.82) is 0 Å². The smallest absolute Gasteiger partial charge is 0.200 e. The SMILES string of the molecule is COc1cc2c(Oc3ccc(Nc4nccc5[nH]cc(-c6ccc(F)cc6)c(=O)c45)cc3F)ccnc2cc1OCCN1CCOCC1. The third-order valence-corrected chi connectivity index (χ3v) is 8.12. The summed E-state index contributed by atoms with van der Waals surface area (Å²) < 4.78 is 52.1. The van der Waals surface area contributed by atoms with E-state index < -0.39 is 11.6 Å². The Morgan fingerprint density at radius 3 is 2.52 bits per heavy atom. The van der Waals surface area contributed by atoms with E-state index in [0.717, 1.165) is 32.8 Å². The van der Waals surface area contributed by atoms with Crippen molar-refractivity contribution in [2.75, 3.05) is 51.9 Å². The summed E-state index contributed by atoms with van der Waals surface area (Å²) in [4.78, 5) is 27.7. The van der Waals surface area contributed by atoms with Gasteiger partial charge >= 0.3 is 0 Å². The lowest BCUT2D eigenvalue weighted by atomic mass is 10.0. The normalized spacial score (nSPS) is 13.5. The van der Waals surface area contributed by atoms with E-state index in [1.165, 1.54) is 42.6 Å². The number of aromatic amines is 1. The van der Waals surface area contributed by atoms with Gasteiger partial charge in [0.05, 0.1) is 36.7 Å². The van der Waals surface area contributed by atoms with Crippen molar-refractivity contribution in [3.05, 3.63) is 107 Å². The van der Waals surface area contributed by atoms with Gasteiger partial charge in [-0.3, -0.25) is 14.7 Å². The lowest BCUT2D eigenvalue weighted by Crippen LogP contribution is -2.38. The van der Waals surface area contributed by atoms with Crippen LogP contribution in [0.15, 0.2) is 90.1 Å². The van der Waals surface area contributed by atoms with Crippen molar-refractivity contribution in [2.45, 2.75) is 0 Å². The molecule has 3 aromatic heterocycles. The van der Waals surface area contributed by atoms with Crippen molar-refractivity contribution in [3.63, 3.8) is 0 Å². The van der Waals surface area contributed by atoms with E-state index in [0.29, 0.717) is 57.1 Å². The molecule has 0 amide bonds. The summed E-state index contributed by atoms with van der Waals surface area (Å²) in [6.45, 7) is 4.41. The number of methoxy groups -OCH3 is 1. The molecule has 1 aliphatic rings. The zero-order valence-electron chi connectivity index (χ0n) is 26.0. The molecule has 7 rings (SSSR count). The molecule has 0 saturated carbocycles. The average molecular weight is 652 g/mol. The fraction of sp³-hybridized carbons (Fsp3) is 0.194. The van der Waals surface area contributed by atoms with Crippen LogP contribution in [0.4, 0.5) is 20.3 Å². The maximum absolute atomic E-state index is 15.5. The molecule has 2 N–H and O–H groups in total. The molecule has 6 aromatic rings. The van der Waals surface area contributed by atoms with Crippen LogP contribution in [0.3, 0.4) is 0 Å². The first-order chi connectivity index (χ1) is 23.5. The van der Waals surface area contributed by atoms with Crippen LogP contribution in [0.25, 0.3) is 32.9 Å². The Morgan fingerprint density at radius 1 is 0.917 bits per heavy atom. The topological polar surface area (TPSA) is 111 Å². The second-order valence-corrected chi connectivity index (χ2v) is 11.1. The number of aromatic nitrogens is 3. The predicted molar refractivity (Wildman–Crippen MR) is 179 cm³/mol. The summed E-state index contributed by atoms with van der Waals surface area (Å²) in [5.41, 5.74) is 2.08. The van der Waals surface area contributed by atoms with E-state index in [9.17, 15) is 9.18 Å². The Bertz CT molecular complexity index is 2150. The lowest BCUT2D eigenvalue weighted by molar-refractivity contribution is 0.0321. The van der Waals surface area contributed by atoms with E-state index in [2.05, 4.69) is 25.2 Å². The largest absolute Gasteiger partial charge is 0.493 e. The van der Waals surface area contributed by atoms with Gasteiger partial charge in [-0.15, -0.1) is 0 Å². The number of nitrogens with one attached hydrogen (secondary N) is 2. The molecule has 3 aromatic carbocycles. The van der Waals surface area contributed by atoms with Crippen LogP contribution in [-0.2, 0) is 4.74 Å². The summed E-state index contributed by atoms with van der Waals surface area (Å²) in [5, 5.41) is 3.96. The number of benzene rings is 3. The van der Waals surface area contributed by atoms with Crippen LogP contribution in [0.2, 0.25) is 0 Å². The number of ether oxygens (including phenoxy) is 4. The van der Waals surface area contributed by atoms with Crippen molar-refractivity contribution in [1.82, 2.24) is 19.9 Å². The molecule has 0 unspecified atom stereocenters. The summed E-state index contributed by atoms with van der Waals surface area (Å²) in [6, 6.07) is 16.9. The van der Waals surface area contributed by atoms with Crippen molar-refractivity contribution in [3.8, 4) is 34.1 Å². The Morgan fingerprint density at radius 2 is 1.73 bits per heavy atom. The third kappa shape index (κ3) is 6.48. The number of H-pyrrole nitrogens is 1. The molecule has 4 heterocycles. The minimum atomic E-state index is -0.638. The van der Waals surface area contributed by atoms with Crippen LogP contribution in [0.1, 0.15) is 0 Å². The number of pyridine rings is 3. The molecule has 1 aliphatic heterocycles. The van der Waals surface area contributed by atoms with Crippen molar-refractivity contribution >= 4 is 33.3 Å². The van der Waals surface area contributed by atoms with Gasteiger partial charge in [0, 0.05) is 67.0 Å². The van der Waals surface area contributed by atoms with Gasteiger partial charge in [-0.2, -0.15) is 0 Å². The monoisotopic (exact) mass is 651 g/mol. The Labute approximate surface area is 273 Å². The molecule has 244 valence electrons. The lowest BCUT2D eigenvalue weighted by Gasteiger charge is -2.26. The predicted octanol–water partition coefficient (Wildman–Crippen LogP) is 6.67. The number of nitrogens with zero attached hydrogens (tertiary/aromatic N) is 3. The number of anilines is 2. The summed E-state index contributed by atoms with van der Waals surface area (Å²) in [5.74, 6) is 0.619. The average Bonchev–Trinajstić information content (AvgIpc) is 3.10. The summed E-state index contributed by atoms with van der Waals surface area (Å²) in [7, 11) is 1.56. The van der Waals surface area contributed by atoms with Crippen molar-refractivity contribution < 1.29 is 27.7 Å². The Balaban J connectivity index is 1.11. The quantitative estimate of drug-likeness (QED) is 0.168. The Kier molecular flexibility index (Phi) is 8.82. The summed E-state index contributed by atoms with van der Waals surface area (Å²) in [6.07, 6.45) is 4.70. The first kappa shape index (κ1) is 31.0. The van der Waals surface area contributed by atoms with Gasteiger partial charge in [-0.1, -0.05) is 12.1 Å². The van der Waals surface area contributed by atoms with Crippen LogP contribution < -0.4 is 25.0 Å². The van der Waals surface area contributed by atoms with Crippen LogP contribution >= 0.6 is 0 Å². The highest BCUT2D eigenvalue weighted by Crippen LogP contribution is 2.38. The number of hydrogen-bond acceptors (Lipinski definition) is 9. The van der Waals surface area contributed by atoms with Gasteiger partial charge in [0.1, 0.15) is 24.0 Å². The molecule has 48 heavy (non-hydrogen) atoms. The van der Waals surface area contributed by atoms with E-state index in [-0.39, 0.29) is 22.4 Å². The zero-order chi connectivity index (χ0) is 33.0. The number of morpholine rings is 1. The van der Waals surface area contributed by atoms with E-state index in [1.54, 1.807) is 49.8 Å². The van der Waals surface area contributed by atoms with Gasteiger partial charge in [0.25, 0.3) is 0 Å². The fourth-order valence-corrected chi connectivity index (χ4v) is 5.62. The summed E-state index contributed by atoms with van der Waals surface area (Å²) >= 11 is 0. The second kappa shape index (κ2) is 13.6. The molecule has 1 saturated heterocycles. The maximum atomic E-state index is 15.5. The molecule has 0 atom stereocenters. The van der Waals surface area contributed by atoms with Crippen molar-refractivity contribution in [2.24, 2.45) is 0 Å². The minimum Gasteiger partial charge on any atom is -0.493 e. The zero-order valence-corrected chi connectivity index (χ0v) is 26.0. The number of fused-ring (bicyclic) bond motifs is 2. The molecular weight excluding hydrogens is 620 g/mol. The molecule has 0 bridgehead atoms. The van der Waals surface area contributed by atoms with E-state index in [1.807, 2.05) is 0 Å². The molecule has 0 spiro atoms. The standard InChI is InChI=1S/C36H31F2N5O5/c1-45-32-19-25-29(20-33(32)47-17-14-43-12-15-46-16-13-43)39-11-9-30(25)48-31-7-6-24(18-27(31)38)42-36-34-28(8-10-40-36)41-21-26(35(34)44)22-2-4-23(37)5-3-22/h2-11,18-21H,12-17H2,1H3,(H,40,42)(H,41,44). The highest BCUT2D eigenvalue weighted by molar-refractivity contribution is 5.93. The van der Waals surface area contributed by atoms with Gasteiger partial charge in [0.15, 0.2) is 23.1 Å².